The minimum Gasteiger partial charge on any atom is -0.444 e. The number of ketones is 1. The minimum atomic E-state index is -1.35. The second kappa shape index (κ2) is 17.3. The van der Waals surface area contributed by atoms with Crippen molar-refractivity contribution in [3.05, 3.63) is 66.1 Å². The minimum absolute atomic E-state index is 0.0739. The third-order valence-electron chi connectivity index (χ3n) is 9.47. The lowest BCUT2D eigenvalue weighted by Crippen LogP contribution is -2.41. The number of Topliss-reactive ketones (excluding diaryl/α,β-unsaturated/α-hetero) is 1. The molecule has 1 fully saturated rings. The largest absolute Gasteiger partial charge is 0.444 e. The van der Waals surface area contributed by atoms with Gasteiger partial charge in [-0.3, -0.25) is 9.78 Å². The van der Waals surface area contributed by atoms with Crippen LogP contribution in [0.25, 0.3) is 28.0 Å². The molecule has 13 heteroatoms. The second-order valence-corrected chi connectivity index (χ2v) is 29.1. The van der Waals surface area contributed by atoms with E-state index >= 15 is 0 Å². The highest BCUT2D eigenvalue weighted by Crippen LogP contribution is 2.37. The van der Waals surface area contributed by atoms with Crippen molar-refractivity contribution in [1.82, 2.24) is 24.5 Å². The first-order valence-corrected chi connectivity index (χ1v) is 26.6. The standard InChI is InChI=1S/C41H60N6O5Si2/c1-30(48)36-37(32-18-20-45(21-19-32)40(49)52-41(2,3)4)44-38-34(33-16-17-35(42-26-33)31-14-12-11-13-15-31)27-43-47(38)39(36)46(28-50-22-24-53(5,6)7)29-51-23-25-54(8,9)10/h11-17,26-27,32H,18-25,28-29H2,1-10H3. The molecule has 0 aliphatic carbocycles. The van der Waals surface area contributed by atoms with E-state index in [-0.39, 0.29) is 31.3 Å². The number of nitrogens with zero attached hydrogens (tertiary/aromatic N) is 6. The maximum absolute atomic E-state index is 13.9. The number of fused-ring (bicyclic) bond motifs is 1. The van der Waals surface area contributed by atoms with E-state index < -0.39 is 21.7 Å². The molecule has 1 amide bonds. The summed E-state index contributed by atoms with van der Waals surface area (Å²) in [6.07, 6.45) is 4.62. The fourth-order valence-electron chi connectivity index (χ4n) is 6.38. The van der Waals surface area contributed by atoms with Crippen LogP contribution in [0, 0.1) is 0 Å². The summed E-state index contributed by atoms with van der Waals surface area (Å²) < 4.78 is 20.2. The van der Waals surface area contributed by atoms with Gasteiger partial charge in [0.2, 0.25) is 0 Å². The molecule has 1 aliphatic heterocycles. The van der Waals surface area contributed by atoms with Gasteiger partial charge in [0.25, 0.3) is 0 Å². The molecule has 4 aromatic rings. The molecule has 1 aliphatic rings. The number of aromatic nitrogens is 4. The molecule has 0 saturated carbocycles. The van der Waals surface area contributed by atoms with E-state index in [0.717, 1.165) is 34.5 Å². The van der Waals surface area contributed by atoms with E-state index in [1.807, 2.05) is 74.3 Å². The molecule has 5 rings (SSSR count). The lowest BCUT2D eigenvalue weighted by Gasteiger charge is -2.34. The quantitative estimate of drug-likeness (QED) is 0.0505. The zero-order chi connectivity index (χ0) is 39.3. The number of hydrogen-bond acceptors (Lipinski definition) is 9. The number of benzene rings is 1. The molecule has 0 spiro atoms. The Labute approximate surface area is 323 Å². The number of carbonyl (C=O) groups excluding carboxylic acids is 2. The van der Waals surface area contributed by atoms with Crippen LogP contribution in [-0.4, -0.2) is 97.9 Å². The average molecular weight is 773 g/mol. The Hall–Kier alpha value is -3.92. The molecule has 11 nitrogen and oxygen atoms in total. The van der Waals surface area contributed by atoms with Gasteiger partial charge in [0.1, 0.15) is 24.9 Å². The van der Waals surface area contributed by atoms with E-state index in [9.17, 15) is 9.59 Å². The zero-order valence-electron chi connectivity index (χ0n) is 34.1. The Bertz CT molecular complexity index is 1850. The normalized spacial score (nSPS) is 14.4. The Morgan fingerprint density at radius 3 is 1.98 bits per heavy atom. The maximum Gasteiger partial charge on any atom is 0.410 e. The van der Waals surface area contributed by atoms with E-state index in [1.165, 1.54) is 0 Å². The molecule has 0 unspecified atom stereocenters. The van der Waals surface area contributed by atoms with Gasteiger partial charge in [-0.15, -0.1) is 0 Å². The van der Waals surface area contributed by atoms with Gasteiger partial charge < -0.3 is 24.0 Å². The van der Waals surface area contributed by atoms with Gasteiger partial charge >= 0.3 is 6.09 Å². The fourth-order valence-corrected chi connectivity index (χ4v) is 7.90. The van der Waals surface area contributed by atoms with Crippen molar-refractivity contribution in [2.24, 2.45) is 0 Å². The summed E-state index contributed by atoms with van der Waals surface area (Å²) in [5, 5.41) is 4.90. The molecule has 54 heavy (non-hydrogen) atoms. The molecule has 0 radical (unpaired) electrons. The number of pyridine rings is 1. The highest BCUT2D eigenvalue weighted by atomic mass is 28.3. The highest BCUT2D eigenvalue weighted by Gasteiger charge is 2.34. The SMILES string of the molecule is CC(=O)c1c(C2CCN(C(=O)OC(C)(C)C)CC2)nc2c(-c3ccc(-c4ccccc4)nc3)cnn2c1N(COCC[Si](C)(C)C)COCC[Si](C)(C)C. The molecule has 3 aromatic heterocycles. The zero-order valence-corrected chi connectivity index (χ0v) is 36.1. The number of amides is 1. The van der Waals surface area contributed by atoms with Gasteiger partial charge in [0, 0.05) is 71.3 Å². The summed E-state index contributed by atoms with van der Waals surface area (Å²) in [7, 11) is -2.69. The summed E-state index contributed by atoms with van der Waals surface area (Å²) in [6.45, 7) is 23.9. The van der Waals surface area contributed by atoms with Crippen LogP contribution in [0.15, 0.2) is 54.9 Å². The van der Waals surface area contributed by atoms with Crippen LogP contribution in [0.3, 0.4) is 0 Å². The van der Waals surface area contributed by atoms with E-state index in [2.05, 4.69) is 39.3 Å². The maximum atomic E-state index is 13.9. The predicted molar refractivity (Wildman–Crippen MR) is 222 cm³/mol. The molecule has 0 atom stereocenters. The van der Waals surface area contributed by atoms with Crippen LogP contribution in [-0.2, 0) is 14.2 Å². The molecule has 292 valence electrons. The Morgan fingerprint density at radius 1 is 0.852 bits per heavy atom. The molecule has 1 saturated heterocycles. The molecule has 0 bridgehead atoms. The number of hydrogen-bond donors (Lipinski definition) is 0. The Kier molecular flexibility index (Phi) is 13.2. The van der Waals surface area contributed by atoms with Crippen LogP contribution < -0.4 is 4.90 Å². The van der Waals surface area contributed by atoms with Gasteiger partial charge in [0.15, 0.2) is 11.4 Å². The van der Waals surface area contributed by atoms with Gasteiger partial charge in [-0.2, -0.15) is 9.61 Å². The van der Waals surface area contributed by atoms with Gasteiger partial charge in [-0.05, 0) is 58.7 Å². The third kappa shape index (κ3) is 11.1. The van der Waals surface area contributed by atoms with Gasteiger partial charge in [-0.25, -0.2) is 9.78 Å². The number of rotatable bonds is 15. The molecular weight excluding hydrogens is 713 g/mol. The lowest BCUT2D eigenvalue weighted by molar-refractivity contribution is 0.0203. The monoisotopic (exact) mass is 772 g/mol. The molecule has 4 heterocycles. The van der Waals surface area contributed by atoms with Crippen molar-refractivity contribution in [3.63, 3.8) is 0 Å². The van der Waals surface area contributed by atoms with Crippen molar-refractivity contribution < 1.29 is 23.8 Å². The van der Waals surface area contributed by atoms with Gasteiger partial charge in [0.05, 0.1) is 23.1 Å². The second-order valence-electron chi connectivity index (χ2n) is 17.8. The van der Waals surface area contributed by atoms with Gasteiger partial charge in [-0.1, -0.05) is 75.7 Å². The number of carbonyl (C=O) groups is 2. The van der Waals surface area contributed by atoms with Crippen LogP contribution in [0.1, 0.15) is 62.5 Å². The summed E-state index contributed by atoms with van der Waals surface area (Å²) in [4.78, 5) is 40.8. The van der Waals surface area contributed by atoms with E-state index in [4.69, 9.17) is 29.3 Å². The Balaban J connectivity index is 1.59. The topological polar surface area (TPSA) is 111 Å². The summed E-state index contributed by atoms with van der Waals surface area (Å²) in [6, 6.07) is 16.2. The Morgan fingerprint density at radius 2 is 1.46 bits per heavy atom. The van der Waals surface area contributed by atoms with E-state index in [0.29, 0.717) is 61.9 Å². The first kappa shape index (κ1) is 41.3. The number of piperidine rings is 1. The first-order valence-electron chi connectivity index (χ1n) is 19.2. The summed E-state index contributed by atoms with van der Waals surface area (Å²) in [5.41, 5.74) is 4.85. The van der Waals surface area contributed by atoms with Crippen LogP contribution in [0.4, 0.5) is 10.6 Å². The van der Waals surface area contributed by atoms with Crippen molar-refractivity contribution >= 4 is 39.5 Å². The van der Waals surface area contributed by atoms with Crippen molar-refractivity contribution in [1.29, 1.82) is 0 Å². The molecule has 1 aromatic carbocycles. The lowest BCUT2D eigenvalue weighted by atomic mass is 9.89. The number of ether oxygens (including phenoxy) is 3. The smallest absolute Gasteiger partial charge is 0.410 e. The molecular formula is C41H60N6O5Si2. The van der Waals surface area contributed by atoms with Crippen LogP contribution in [0.2, 0.25) is 51.4 Å². The third-order valence-corrected chi connectivity index (χ3v) is 12.9. The number of likely N-dealkylation sites (tertiary alicyclic amines) is 1. The average Bonchev–Trinajstić information content (AvgIpc) is 3.53. The van der Waals surface area contributed by atoms with Crippen LogP contribution >= 0.6 is 0 Å². The predicted octanol–water partition coefficient (Wildman–Crippen LogP) is 9.21. The summed E-state index contributed by atoms with van der Waals surface area (Å²) in [5.74, 6) is 0.428. The van der Waals surface area contributed by atoms with E-state index in [1.54, 1.807) is 22.5 Å². The fraction of sp³-hybridized carbons (Fsp3) is 0.537. The van der Waals surface area contributed by atoms with Crippen molar-refractivity contribution in [3.8, 4) is 22.4 Å². The first-order chi connectivity index (χ1) is 25.4. The molecule has 0 N–H and O–H groups in total. The number of anilines is 1. The highest BCUT2D eigenvalue weighted by molar-refractivity contribution is 6.76. The summed E-state index contributed by atoms with van der Waals surface area (Å²) >= 11 is 0. The van der Waals surface area contributed by atoms with Crippen molar-refractivity contribution in [2.75, 3.05) is 44.7 Å². The van der Waals surface area contributed by atoms with Crippen molar-refractivity contribution in [2.45, 2.75) is 103 Å². The van der Waals surface area contributed by atoms with Crippen LogP contribution in [0.5, 0.6) is 0 Å².